The van der Waals surface area contributed by atoms with Gasteiger partial charge in [0.2, 0.25) is 11.8 Å². The van der Waals surface area contributed by atoms with E-state index in [1.807, 2.05) is 0 Å². The molecule has 0 radical (unpaired) electrons. The number of rotatable bonds is 5. The Labute approximate surface area is 155 Å². The maximum Gasteiger partial charge on any atom is 0.234 e. The fourth-order valence-electron chi connectivity index (χ4n) is 4.25. The summed E-state index contributed by atoms with van der Waals surface area (Å²) in [7, 11) is 0. The number of benzene rings is 1. The number of nitrogens with one attached hydrogen (secondary N) is 2. The average Bonchev–Trinajstić information content (AvgIpc) is 3.46. The van der Waals surface area contributed by atoms with Gasteiger partial charge in [0.25, 0.3) is 0 Å². The van der Waals surface area contributed by atoms with Gasteiger partial charge in [-0.2, -0.15) is 0 Å². The van der Waals surface area contributed by atoms with E-state index in [-0.39, 0.29) is 23.8 Å². The predicted octanol–water partition coefficient (Wildman–Crippen LogP) is 2.17. The van der Waals surface area contributed by atoms with Crippen LogP contribution in [-0.2, 0) is 16.0 Å². The summed E-state index contributed by atoms with van der Waals surface area (Å²) < 4.78 is 0. The van der Waals surface area contributed by atoms with Gasteiger partial charge in [-0.05, 0) is 69.2 Å². The zero-order valence-electron chi connectivity index (χ0n) is 15.4. The highest BCUT2D eigenvalue weighted by atomic mass is 16.2. The predicted molar refractivity (Wildman–Crippen MR) is 101 cm³/mol. The molecule has 140 valence electrons. The van der Waals surface area contributed by atoms with E-state index in [1.165, 1.54) is 11.1 Å². The molecule has 1 aromatic carbocycles. The number of piperidine rings is 1. The van der Waals surface area contributed by atoms with Crippen molar-refractivity contribution in [1.29, 1.82) is 0 Å². The van der Waals surface area contributed by atoms with Crippen LogP contribution in [0.25, 0.3) is 0 Å². The van der Waals surface area contributed by atoms with Crippen LogP contribution in [0.1, 0.15) is 55.7 Å². The minimum atomic E-state index is 0.104. The van der Waals surface area contributed by atoms with E-state index >= 15 is 0 Å². The summed E-state index contributed by atoms with van der Waals surface area (Å²) >= 11 is 0. The number of amides is 2. The summed E-state index contributed by atoms with van der Waals surface area (Å²) in [4.78, 5) is 26.9. The second-order valence-electron chi connectivity index (χ2n) is 8.04. The molecule has 1 heterocycles. The second-order valence-corrected chi connectivity index (χ2v) is 8.04. The average molecular weight is 355 g/mol. The molecule has 2 N–H and O–H groups in total. The lowest BCUT2D eigenvalue weighted by Gasteiger charge is -2.32. The molecule has 2 aliphatic carbocycles. The topological polar surface area (TPSA) is 61.4 Å². The maximum absolute atomic E-state index is 12.5. The number of carbonyl (C=O) groups is 2. The molecule has 26 heavy (non-hydrogen) atoms. The molecule has 5 nitrogen and oxygen atoms in total. The monoisotopic (exact) mass is 355 g/mol. The first-order valence-electron chi connectivity index (χ1n) is 10.1. The largest absolute Gasteiger partial charge is 0.353 e. The molecule has 1 atom stereocenters. The lowest BCUT2D eigenvalue weighted by atomic mass is 9.88. The molecular weight excluding hydrogens is 326 g/mol. The highest BCUT2D eigenvalue weighted by molar-refractivity contribution is 5.80. The number of hydrogen-bond donors (Lipinski definition) is 2. The van der Waals surface area contributed by atoms with Crippen molar-refractivity contribution >= 4 is 11.8 Å². The molecule has 5 heteroatoms. The first-order valence-corrected chi connectivity index (χ1v) is 10.1. The first kappa shape index (κ1) is 17.5. The second kappa shape index (κ2) is 7.78. The molecule has 0 spiro atoms. The van der Waals surface area contributed by atoms with Gasteiger partial charge in [-0.15, -0.1) is 0 Å². The highest BCUT2D eigenvalue weighted by Gasteiger charge is 2.30. The van der Waals surface area contributed by atoms with Crippen molar-refractivity contribution < 1.29 is 9.59 Å². The van der Waals surface area contributed by atoms with Gasteiger partial charge in [-0.1, -0.05) is 24.3 Å². The van der Waals surface area contributed by atoms with Crippen molar-refractivity contribution in [2.75, 3.05) is 19.6 Å². The van der Waals surface area contributed by atoms with Crippen molar-refractivity contribution in [3.8, 4) is 0 Å². The van der Waals surface area contributed by atoms with Crippen LogP contribution in [0.15, 0.2) is 24.3 Å². The van der Waals surface area contributed by atoms with E-state index in [0.717, 1.165) is 58.0 Å². The van der Waals surface area contributed by atoms with Crippen LogP contribution >= 0.6 is 0 Å². The van der Waals surface area contributed by atoms with E-state index in [9.17, 15) is 9.59 Å². The summed E-state index contributed by atoms with van der Waals surface area (Å²) in [5.41, 5.74) is 2.65. The van der Waals surface area contributed by atoms with Crippen LogP contribution in [0.4, 0.5) is 0 Å². The molecule has 2 amide bonds. The Morgan fingerprint density at radius 2 is 1.77 bits per heavy atom. The summed E-state index contributed by atoms with van der Waals surface area (Å²) in [5.74, 6) is 0.447. The van der Waals surface area contributed by atoms with E-state index in [0.29, 0.717) is 12.6 Å². The van der Waals surface area contributed by atoms with Gasteiger partial charge in [0.05, 0.1) is 12.6 Å². The molecule has 1 unspecified atom stereocenters. The van der Waals surface area contributed by atoms with Crippen LogP contribution in [0.5, 0.6) is 0 Å². The Bertz CT molecular complexity index is 663. The van der Waals surface area contributed by atoms with Crippen molar-refractivity contribution in [3.05, 3.63) is 35.4 Å². The number of likely N-dealkylation sites (tertiary alicyclic amines) is 1. The molecular formula is C21H29N3O2. The molecule has 1 saturated carbocycles. The number of fused-ring (bicyclic) bond motifs is 1. The normalized spacial score (nSPS) is 23.9. The van der Waals surface area contributed by atoms with Gasteiger partial charge in [0.15, 0.2) is 0 Å². The molecule has 2 fully saturated rings. The Hall–Kier alpha value is -1.88. The maximum atomic E-state index is 12.5. The van der Waals surface area contributed by atoms with E-state index < -0.39 is 0 Å². The molecule has 0 bridgehead atoms. The summed E-state index contributed by atoms with van der Waals surface area (Å²) in [5, 5.41) is 6.34. The zero-order valence-corrected chi connectivity index (χ0v) is 15.4. The fraction of sp³-hybridized carbons (Fsp3) is 0.619. The molecule has 4 rings (SSSR count). The van der Waals surface area contributed by atoms with Crippen molar-refractivity contribution in [2.45, 2.75) is 57.0 Å². The smallest absolute Gasteiger partial charge is 0.234 e. The lowest BCUT2D eigenvalue weighted by molar-refractivity contribution is -0.127. The van der Waals surface area contributed by atoms with E-state index in [2.05, 4.69) is 39.8 Å². The van der Waals surface area contributed by atoms with Crippen molar-refractivity contribution in [2.24, 2.45) is 5.92 Å². The minimum Gasteiger partial charge on any atom is -0.353 e. The van der Waals surface area contributed by atoms with Crippen LogP contribution < -0.4 is 10.6 Å². The molecule has 1 aliphatic heterocycles. The molecule has 3 aliphatic rings. The number of carbonyl (C=O) groups excluding carboxylic acids is 2. The molecule has 0 aromatic heterocycles. The van der Waals surface area contributed by atoms with Gasteiger partial charge >= 0.3 is 0 Å². The third-order valence-electron chi connectivity index (χ3n) is 5.95. The SMILES string of the molecule is O=C(CN1CCC(C(=O)NC2CC2)CC1)NC1CCCc2ccccc21. The van der Waals surface area contributed by atoms with Gasteiger partial charge in [0.1, 0.15) is 0 Å². The van der Waals surface area contributed by atoms with Crippen molar-refractivity contribution in [3.63, 3.8) is 0 Å². The lowest BCUT2D eigenvalue weighted by Crippen LogP contribution is -2.45. The minimum absolute atomic E-state index is 0.104. The molecule has 1 aromatic rings. The number of nitrogens with zero attached hydrogens (tertiary/aromatic N) is 1. The number of aryl methyl sites for hydroxylation is 1. The van der Waals surface area contributed by atoms with Gasteiger partial charge in [-0.3, -0.25) is 14.5 Å². The quantitative estimate of drug-likeness (QED) is 0.851. The first-order chi connectivity index (χ1) is 12.7. The Balaban J connectivity index is 1.24. The van der Waals surface area contributed by atoms with Crippen LogP contribution in [0.2, 0.25) is 0 Å². The zero-order chi connectivity index (χ0) is 17.9. The van der Waals surface area contributed by atoms with Crippen LogP contribution in [0, 0.1) is 5.92 Å². The summed E-state index contributed by atoms with van der Waals surface area (Å²) in [6.07, 6.45) is 7.24. The van der Waals surface area contributed by atoms with Gasteiger partial charge < -0.3 is 10.6 Å². The molecule has 1 saturated heterocycles. The summed E-state index contributed by atoms with van der Waals surface area (Å²) in [6, 6.07) is 9.03. The Kier molecular flexibility index (Phi) is 5.25. The van der Waals surface area contributed by atoms with Gasteiger partial charge in [-0.25, -0.2) is 0 Å². The fourth-order valence-corrected chi connectivity index (χ4v) is 4.25. The van der Waals surface area contributed by atoms with E-state index in [1.54, 1.807) is 0 Å². The van der Waals surface area contributed by atoms with Crippen LogP contribution in [0.3, 0.4) is 0 Å². The third kappa shape index (κ3) is 4.26. The summed E-state index contributed by atoms with van der Waals surface area (Å²) in [6.45, 7) is 2.10. The standard InChI is InChI=1S/C21H29N3O2/c25-20(23-19-7-3-5-15-4-1-2-6-18(15)19)14-24-12-10-16(11-13-24)21(26)22-17-8-9-17/h1-2,4,6,16-17,19H,3,5,7-14H2,(H,22,26)(H,23,25). The van der Waals surface area contributed by atoms with Crippen molar-refractivity contribution in [1.82, 2.24) is 15.5 Å². The highest BCUT2D eigenvalue weighted by Crippen LogP contribution is 2.29. The number of hydrogen-bond acceptors (Lipinski definition) is 3. The Morgan fingerprint density at radius 1 is 1.00 bits per heavy atom. The van der Waals surface area contributed by atoms with Gasteiger partial charge in [0, 0.05) is 12.0 Å². The van der Waals surface area contributed by atoms with Crippen LogP contribution in [-0.4, -0.2) is 42.4 Å². The van der Waals surface area contributed by atoms with E-state index in [4.69, 9.17) is 0 Å². The Morgan fingerprint density at radius 3 is 2.54 bits per heavy atom. The third-order valence-corrected chi connectivity index (χ3v) is 5.95.